The van der Waals surface area contributed by atoms with Gasteiger partial charge in [0.1, 0.15) is 23.3 Å². The molecular weight excluding hydrogens is 392 g/mol. The first-order valence-electron chi connectivity index (χ1n) is 10.5. The standard InChI is InChI=1S/C23H27F2NO4/c1-2-3-15-4-6-16(7-5-15)8-9-17-13-28-23(29-14-17)30-22(27)18-10-20(24)19(12-26)21(25)11-18/h8-11,15-17,23H,2-7,13-14H2,1H3. The highest BCUT2D eigenvalue weighted by Crippen LogP contribution is 2.32. The van der Waals surface area contributed by atoms with Crippen LogP contribution in [-0.2, 0) is 14.2 Å². The molecule has 0 atom stereocenters. The summed E-state index contributed by atoms with van der Waals surface area (Å²) in [5, 5.41) is 8.68. The SMILES string of the molecule is CCCC1CCC(C=CC2COC(OC(=O)c3cc(F)c(C#N)c(F)c3)OC2)CC1. The minimum atomic E-state index is -1.23. The summed E-state index contributed by atoms with van der Waals surface area (Å²) in [5.41, 5.74) is -1.10. The van der Waals surface area contributed by atoms with Crippen molar-refractivity contribution in [1.82, 2.24) is 0 Å². The number of halogens is 2. The molecule has 1 aromatic carbocycles. The van der Waals surface area contributed by atoms with Crippen LogP contribution in [0.5, 0.6) is 0 Å². The lowest BCUT2D eigenvalue weighted by Crippen LogP contribution is -2.34. The zero-order valence-electron chi connectivity index (χ0n) is 17.1. The van der Waals surface area contributed by atoms with Crippen LogP contribution in [0, 0.1) is 40.7 Å². The molecule has 0 aromatic heterocycles. The summed E-state index contributed by atoms with van der Waals surface area (Å²) in [6.45, 7) is 1.67. The highest BCUT2D eigenvalue weighted by Gasteiger charge is 2.26. The number of esters is 1. The zero-order valence-corrected chi connectivity index (χ0v) is 17.1. The number of hydrogen-bond acceptors (Lipinski definition) is 5. The smallest absolute Gasteiger partial charge is 0.342 e. The van der Waals surface area contributed by atoms with E-state index < -0.39 is 29.6 Å². The molecule has 0 unspecified atom stereocenters. The molecule has 1 aliphatic carbocycles. The number of rotatable bonds is 6. The van der Waals surface area contributed by atoms with Crippen molar-refractivity contribution >= 4 is 5.97 Å². The maximum Gasteiger partial charge on any atom is 0.342 e. The maximum absolute atomic E-state index is 13.7. The summed E-state index contributed by atoms with van der Waals surface area (Å²) in [5.74, 6) is -1.70. The van der Waals surface area contributed by atoms with Crippen molar-refractivity contribution in [3.63, 3.8) is 0 Å². The van der Waals surface area contributed by atoms with Crippen molar-refractivity contribution in [2.75, 3.05) is 13.2 Å². The van der Waals surface area contributed by atoms with E-state index >= 15 is 0 Å². The molecule has 30 heavy (non-hydrogen) atoms. The second-order valence-corrected chi connectivity index (χ2v) is 8.00. The van der Waals surface area contributed by atoms with Gasteiger partial charge in [-0.05, 0) is 49.7 Å². The van der Waals surface area contributed by atoms with Gasteiger partial charge in [0, 0.05) is 5.92 Å². The highest BCUT2D eigenvalue weighted by atomic mass is 19.1. The van der Waals surface area contributed by atoms with Crippen molar-refractivity contribution in [3.8, 4) is 6.07 Å². The lowest BCUT2D eigenvalue weighted by Gasteiger charge is -2.28. The molecule has 3 rings (SSSR count). The molecular formula is C23H27F2NO4. The first-order chi connectivity index (χ1) is 14.5. The fraction of sp³-hybridized carbons (Fsp3) is 0.565. The lowest BCUT2D eigenvalue weighted by molar-refractivity contribution is -0.294. The van der Waals surface area contributed by atoms with E-state index in [-0.39, 0.29) is 11.5 Å². The molecule has 1 aromatic rings. The number of hydrogen-bond donors (Lipinski definition) is 0. The Bertz CT molecular complexity index is 781. The van der Waals surface area contributed by atoms with E-state index in [9.17, 15) is 13.6 Å². The van der Waals surface area contributed by atoms with Gasteiger partial charge >= 0.3 is 12.4 Å². The zero-order chi connectivity index (χ0) is 21.5. The van der Waals surface area contributed by atoms with Gasteiger partial charge in [-0.1, -0.05) is 31.9 Å². The molecule has 0 spiro atoms. The number of nitrogens with zero attached hydrogens (tertiary/aromatic N) is 1. The van der Waals surface area contributed by atoms with E-state index in [1.54, 1.807) is 0 Å². The van der Waals surface area contributed by atoms with Crippen LogP contribution in [0.15, 0.2) is 24.3 Å². The van der Waals surface area contributed by atoms with Gasteiger partial charge in [-0.3, -0.25) is 0 Å². The third kappa shape index (κ3) is 5.87. The van der Waals surface area contributed by atoms with E-state index in [2.05, 4.69) is 19.1 Å². The molecule has 1 heterocycles. The van der Waals surface area contributed by atoms with Crippen molar-refractivity contribution in [2.24, 2.45) is 17.8 Å². The molecule has 1 aliphatic heterocycles. The normalized spacial score (nSPS) is 27.0. The van der Waals surface area contributed by atoms with E-state index in [1.807, 2.05) is 0 Å². The molecule has 5 nitrogen and oxygen atoms in total. The van der Waals surface area contributed by atoms with Gasteiger partial charge in [-0.2, -0.15) is 5.26 Å². The average Bonchev–Trinajstić information content (AvgIpc) is 2.74. The Kier molecular flexibility index (Phi) is 7.94. The Morgan fingerprint density at radius 3 is 2.30 bits per heavy atom. The highest BCUT2D eigenvalue weighted by molar-refractivity contribution is 5.89. The van der Waals surface area contributed by atoms with Crippen LogP contribution >= 0.6 is 0 Å². The predicted octanol–water partition coefficient (Wildman–Crippen LogP) is 5.10. The minimum absolute atomic E-state index is 0.0677. The number of allylic oxidation sites excluding steroid dienone is 1. The van der Waals surface area contributed by atoms with Crippen LogP contribution < -0.4 is 0 Å². The average molecular weight is 419 g/mol. The van der Waals surface area contributed by atoms with Crippen molar-refractivity contribution in [2.45, 2.75) is 51.9 Å². The van der Waals surface area contributed by atoms with Gasteiger partial charge < -0.3 is 14.2 Å². The minimum Gasteiger partial charge on any atom is -0.407 e. The van der Waals surface area contributed by atoms with Crippen LogP contribution in [0.1, 0.15) is 61.4 Å². The fourth-order valence-corrected chi connectivity index (χ4v) is 4.02. The molecule has 7 heteroatoms. The fourth-order valence-electron chi connectivity index (χ4n) is 4.02. The van der Waals surface area contributed by atoms with Gasteiger partial charge in [0.25, 0.3) is 0 Å². The number of nitriles is 1. The van der Waals surface area contributed by atoms with Crippen LogP contribution in [0.4, 0.5) is 8.78 Å². The number of carbonyl (C=O) groups excluding carboxylic acids is 1. The Labute approximate surface area is 175 Å². The first-order valence-corrected chi connectivity index (χ1v) is 10.5. The maximum atomic E-state index is 13.7. The summed E-state index contributed by atoms with van der Waals surface area (Å²) >= 11 is 0. The van der Waals surface area contributed by atoms with Crippen molar-refractivity contribution < 1.29 is 27.8 Å². The molecule has 0 amide bonds. The monoisotopic (exact) mass is 419 g/mol. The Hall–Kier alpha value is -2.30. The van der Waals surface area contributed by atoms with Crippen LogP contribution in [0.2, 0.25) is 0 Å². The second kappa shape index (κ2) is 10.6. The van der Waals surface area contributed by atoms with Crippen LogP contribution in [-0.4, -0.2) is 25.7 Å². The van der Waals surface area contributed by atoms with Gasteiger partial charge in [-0.25, -0.2) is 13.6 Å². The molecule has 0 N–H and O–H groups in total. The summed E-state index contributed by atoms with van der Waals surface area (Å²) in [4.78, 5) is 12.1. The Morgan fingerprint density at radius 1 is 1.13 bits per heavy atom. The predicted molar refractivity (Wildman–Crippen MR) is 105 cm³/mol. The van der Waals surface area contributed by atoms with Gasteiger partial charge in [0.15, 0.2) is 0 Å². The number of carbonyl (C=O) groups is 1. The van der Waals surface area contributed by atoms with Gasteiger partial charge in [0.2, 0.25) is 0 Å². The molecule has 2 aliphatic rings. The largest absolute Gasteiger partial charge is 0.407 e. The summed E-state index contributed by atoms with van der Waals surface area (Å²) in [6.07, 6.45) is 11.9. The van der Waals surface area contributed by atoms with E-state index in [0.717, 1.165) is 18.1 Å². The summed E-state index contributed by atoms with van der Waals surface area (Å²) < 4.78 is 43.2. The van der Waals surface area contributed by atoms with E-state index in [1.165, 1.54) is 44.6 Å². The van der Waals surface area contributed by atoms with Gasteiger partial charge in [0.05, 0.1) is 18.8 Å². The Balaban J connectivity index is 1.44. The molecule has 0 radical (unpaired) electrons. The summed E-state index contributed by atoms with van der Waals surface area (Å²) in [6, 6.07) is 2.92. The first kappa shape index (κ1) is 22.4. The third-order valence-corrected chi connectivity index (χ3v) is 5.73. The molecule has 1 saturated heterocycles. The number of benzene rings is 1. The molecule has 2 fully saturated rings. The topological polar surface area (TPSA) is 68.5 Å². The van der Waals surface area contributed by atoms with Crippen molar-refractivity contribution in [1.29, 1.82) is 5.26 Å². The molecule has 1 saturated carbocycles. The molecule has 162 valence electrons. The third-order valence-electron chi connectivity index (χ3n) is 5.73. The van der Waals surface area contributed by atoms with Crippen LogP contribution in [0.3, 0.4) is 0 Å². The van der Waals surface area contributed by atoms with E-state index in [0.29, 0.717) is 19.1 Å². The van der Waals surface area contributed by atoms with Crippen molar-refractivity contribution in [3.05, 3.63) is 47.0 Å². The Morgan fingerprint density at radius 2 is 1.73 bits per heavy atom. The second-order valence-electron chi connectivity index (χ2n) is 8.00. The lowest BCUT2D eigenvalue weighted by atomic mass is 9.80. The summed E-state index contributed by atoms with van der Waals surface area (Å²) in [7, 11) is 0. The van der Waals surface area contributed by atoms with Crippen LogP contribution in [0.25, 0.3) is 0 Å². The van der Waals surface area contributed by atoms with E-state index in [4.69, 9.17) is 19.5 Å². The number of ether oxygens (including phenoxy) is 3. The van der Waals surface area contributed by atoms with Gasteiger partial charge in [-0.15, -0.1) is 0 Å². The quantitative estimate of drug-likeness (QED) is 0.474. The molecule has 0 bridgehead atoms.